The van der Waals surface area contributed by atoms with E-state index in [0.717, 1.165) is 13.0 Å². The monoisotopic (exact) mass is 198 g/mol. The molecule has 0 amide bonds. The molecule has 0 bridgehead atoms. The van der Waals surface area contributed by atoms with Crippen LogP contribution in [0.3, 0.4) is 0 Å². The highest BCUT2D eigenvalue weighted by Crippen LogP contribution is 2.52. The molecule has 1 aromatic rings. The lowest BCUT2D eigenvalue weighted by atomic mass is 9.82. The van der Waals surface area contributed by atoms with Gasteiger partial charge in [0.2, 0.25) is 0 Å². The van der Waals surface area contributed by atoms with Crippen LogP contribution in [0.1, 0.15) is 36.3 Å². The number of nitrogens with one attached hydrogen (secondary N) is 1. The third-order valence-corrected chi connectivity index (χ3v) is 4.11. The zero-order chi connectivity index (χ0) is 10.5. The van der Waals surface area contributed by atoms with Gasteiger partial charge < -0.3 is 0 Å². The molecule has 1 fully saturated rings. The number of hydrogen-bond acceptors (Lipinski definition) is 2. The molecule has 3 atom stereocenters. The van der Waals surface area contributed by atoms with Gasteiger partial charge in [-0.1, -0.05) is 31.2 Å². The summed E-state index contributed by atoms with van der Waals surface area (Å²) in [5, 5.41) is 12.9. The van der Waals surface area contributed by atoms with Gasteiger partial charge in [0.25, 0.3) is 0 Å². The number of rotatable bonds is 0. The quantitative estimate of drug-likeness (QED) is 0.693. The van der Waals surface area contributed by atoms with Crippen LogP contribution in [0.2, 0.25) is 0 Å². The predicted molar refractivity (Wildman–Crippen MR) is 58.6 cm³/mol. The lowest BCUT2D eigenvalue weighted by Gasteiger charge is -2.26. The first-order valence-electron chi connectivity index (χ1n) is 5.54. The van der Waals surface area contributed by atoms with E-state index in [-0.39, 0.29) is 5.54 Å². The molecule has 15 heavy (non-hydrogen) atoms. The first-order chi connectivity index (χ1) is 7.29. The van der Waals surface area contributed by atoms with E-state index in [9.17, 15) is 5.26 Å². The van der Waals surface area contributed by atoms with Crippen LogP contribution in [-0.4, -0.2) is 12.1 Å². The fourth-order valence-electron chi connectivity index (χ4n) is 3.31. The molecule has 1 aliphatic heterocycles. The summed E-state index contributed by atoms with van der Waals surface area (Å²) in [7, 11) is 0. The van der Waals surface area contributed by atoms with Crippen molar-refractivity contribution in [3.63, 3.8) is 0 Å². The van der Waals surface area contributed by atoms with Crippen molar-refractivity contribution >= 4 is 0 Å². The molecule has 0 unspecified atom stereocenters. The second-order valence-corrected chi connectivity index (χ2v) is 4.60. The molecule has 1 saturated heterocycles. The third-order valence-electron chi connectivity index (χ3n) is 4.11. The summed E-state index contributed by atoms with van der Waals surface area (Å²) in [5.41, 5.74) is 2.41. The van der Waals surface area contributed by atoms with Crippen LogP contribution in [0.25, 0.3) is 0 Å². The minimum Gasteiger partial charge on any atom is -0.298 e. The number of hydrogen-bond donors (Lipinski definition) is 1. The van der Waals surface area contributed by atoms with Crippen molar-refractivity contribution in [2.45, 2.75) is 30.7 Å². The molecule has 2 heteroatoms. The van der Waals surface area contributed by atoms with Gasteiger partial charge in [0, 0.05) is 11.8 Å². The van der Waals surface area contributed by atoms with Crippen molar-refractivity contribution in [2.24, 2.45) is 0 Å². The minimum atomic E-state index is -0.330. The van der Waals surface area contributed by atoms with Gasteiger partial charge in [0.1, 0.15) is 5.54 Å². The van der Waals surface area contributed by atoms with Crippen LogP contribution in [-0.2, 0) is 0 Å². The minimum absolute atomic E-state index is 0.311. The van der Waals surface area contributed by atoms with E-state index in [1.165, 1.54) is 11.1 Å². The van der Waals surface area contributed by atoms with E-state index in [2.05, 4.69) is 42.6 Å². The van der Waals surface area contributed by atoms with E-state index in [0.29, 0.717) is 11.8 Å². The lowest BCUT2D eigenvalue weighted by molar-refractivity contribution is 0.407. The van der Waals surface area contributed by atoms with Gasteiger partial charge in [-0.2, -0.15) is 5.26 Å². The third kappa shape index (κ3) is 0.917. The molecule has 1 aromatic carbocycles. The summed E-state index contributed by atoms with van der Waals surface area (Å²) in [6.45, 7) is 3.14. The maximum atomic E-state index is 9.46. The van der Waals surface area contributed by atoms with Crippen molar-refractivity contribution in [2.75, 3.05) is 6.54 Å². The molecule has 1 heterocycles. The topological polar surface area (TPSA) is 35.8 Å². The predicted octanol–water partition coefficient (Wildman–Crippen LogP) is 2.14. The summed E-state index contributed by atoms with van der Waals surface area (Å²) in [6, 6.07) is 11.0. The number of nitrogens with zero attached hydrogens (tertiary/aromatic N) is 1. The Balaban J connectivity index is 2.21. The number of fused-ring (bicyclic) bond motifs is 3. The van der Waals surface area contributed by atoms with Gasteiger partial charge in [0.05, 0.1) is 6.07 Å². The molecule has 1 aliphatic carbocycles. The van der Waals surface area contributed by atoms with E-state index in [1.54, 1.807) is 0 Å². The summed E-state index contributed by atoms with van der Waals surface area (Å²) in [4.78, 5) is 0. The van der Waals surface area contributed by atoms with E-state index >= 15 is 0 Å². The van der Waals surface area contributed by atoms with Crippen molar-refractivity contribution in [1.82, 2.24) is 5.32 Å². The van der Waals surface area contributed by atoms with Gasteiger partial charge in [-0.15, -0.1) is 0 Å². The van der Waals surface area contributed by atoms with Gasteiger partial charge in [0.15, 0.2) is 0 Å². The maximum Gasteiger partial charge on any atom is 0.120 e. The highest BCUT2D eigenvalue weighted by atomic mass is 15.0. The Morgan fingerprint density at radius 3 is 2.87 bits per heavy atom. The normalized spacial score (nSPS) is 37.1. The Hall–Kier alpha value is -1.33. The van der Waals surface area contributed by atoms with E-state index in [4.69, 9.17) is 0 Å². The van der Waals surface area contributed by atoms with Crippen LogP contribution < -0.4 is 5.32 Å². The van der Waals surface area contributed by atoms with Gasteiger partial charge in [-0.3, -0.25) is 5.32 Å². The fraction of sp³-hybridized carbons (Fsp3) is 0.462. The lowest BCUT2D eigenvalue weighted by Crippen LogP contribution is -2.43. The molecule has 0 saturated carbocycles. The van der Waals surface area contributed by atoms with Crippen molar-refractivity contribution < 1.29 is 0 Å². The van der Waals surface area contributed by atoms with Gasteiger partial charge in [-0.25, -0.2) is 0 Å². The standard InChI is InChI=1S/C13H14N2/c1-9-10-4-2-3-5-11(10)12-6-7-15-13(9,12)8-14/h2-5,9,12,15H,6-7H2,1H3/t9-,12+,13-/m1/s1. The molecule has 3 rings (SSSR count). The first kappa shape index (κ1) is 8.94. The molecule has 2 aliphatic rings. The van der Waals surface area contributed by atoms with Crippen LogP contribution in [0.15, 0.2) is 24.3 Å². The number of benzene rings is 1. The average molecular weight is 198 g/mol. The molecular weight excluding hydrogens is 184 g/mol. The highest BCUT2D eigenvalue weighted by molar-refractivity contribution is 5.49. The molecule has 2 nitrogen and oxygen atoms in total. The molecule has 0 spiro atoms. The second-order valence-electron chi connectivity index (χ2n) is 4.60. The molecule has 76 valence electrons. The Kier molecular flexibility index (Phi) is 1.69. The average Bonchev–Trinajstić information content (AvgIpc) is 2.80. The van der Waals surface area contributed by atoms with Crippen molar-refractivity contribution in [3.8, 4) is 6.07 Å². The molecule has 0 aromatic heterocycles. The zero-order valence-corrected chi connectivity index (χ0v) is 8.83. The van der Waals surface area contributed by atoms with E-state index < -0.39 is 0 Å². The van der Waals surface area contributed by atoms with Gasteiger partial charge in [-0.05, 0) is 24.1 Å². The Bertz CT molecular complexity index is 446. The smallest absolute Gasteiger partial charge is 0.120 e. The Labute approximate surface area is 89.9 Å². The Morgan fingerprint density at radius 2 is 2.13 bits per heavy atom. The van der Waals surface area contributed by atoms with Crippen LogP contribution in [0.5, 0.6) is 0 Å². The number of nitriles is 1. The molecule has 1 N–H and O–H groups in total. The van der Waals surface area contributed by atoms with Crippen LogP contribution in [0.4, 0.5) is 0 Å². The van der Waals surface area contributed by atoms with Gasteiger partial charge >= 0.3 is 0 Å². The maximum absolute atomic E-state index is 9.46. The molecular formula is C13H14N2. The fourth-order valence-corrected chi connectivity index (χ4v) is 3.31. The summed E-state index contributed by atoms with van der Waals surface area (Å²) in [6.07, 6.45) is 1.09. The zero-order valence-electron chi connectivity index (χ0n) is 8.83. The second kappa shape index (κ2) is 2.84. The van der Waals surface area contributed by atoms with E-state index in [1.807, 2.05) is 0 Å². The Morgan fingerprint density at radius 1 is 1.40 bits per heavy atom. The molecule has 0 radical (unpaired) electrons. The summed E-state index contributed by atoms with van der Waals surface area (Å²) >= 11 is 0. The highest BCUT2D eigenvalue weighted by Gasteiger charge is 2.54. The van der Waals surface area contributed by atoms with Crippen LogP contribution in [0, 0.1) is 11.3 Å². The van der Waals surface area contributed by atoms with Crippen LogP contribution >= 0.6 is 0 Å². The first-order valence-corrected chi connectivity index (χ1v) is 5.54. The summed E-state index contributed by atoms with van der Waals surface area (Å²) in [5.74, 6) is 0.708. The SMILES string of the molecule is C[C@@H]1c2ccccc2[C@@H]2CCN[C@]12C#N. The largest absolute Gasteiger partial charge is 0.298 e. The summed E-state index contributed by atoms with van der Waals surface area (Å²) < 4.78 is 0. The van der Waals surface area contributed by atoms with Crippen molar-refractivity contribution in [1.29, 1.82) is 5.26 Å². The van der Waals surface area contributed by atoms with Crippen molar-refractivity contribution in [3.05, 3.63) is 35.4 Å².